The average Bonchev–Trinajstić information content (AvgIpc) is 2.72. The molecule has 0 aromatic heterocycles. The van der Waals surface area contributed by atoms with Crippen molar-refractivity contribution in [2.45, 2.75) is 41.0 Å². The van der Waals surface area contributed by atoms with Crippen LogP contribution in [-0.4, -0.2) is 52.6 Å². The number of fused-ring (bicyclic) bond motifs is 1. The Morgan fingerprint density at radius 2 is 1.93 bits per heavy atom. The summed E-state index contributed by atoms with van der Waals surface area (Å²) in [6, 6.07) is 13.6. The first-order chi connectivity index (χ1) is 13.9. The minimum absolute atomic E-state index is 0.130. The van der Waals surface area contributed by atoms with Crippen molar-refractivity contribution in [1.29, 1.82) is 0 Å². The van der Waals surface area contributed by atoms with Crippen molar-refractivity contribution in [3.63, 3.8) is 0 Å². The molecule has 0 saturated carbocycles. The fraction of sp³-hybridized carbons (Fsp3) is 0.350. The molecule has 2 aromatic carbocycles. The van der Waals surface area contributed by atoms with Gasteiger partial charge in [-0.25, -0.2) is 4.79 Å². The van der Waals surface area contributed by atoms with Gasteiger partial charge in [0.15, 0.2) is 6.29 Å². The molecule has 6 unspecified atom stereocenters. The van der Waals surface area contributed by atoms with E-state index in [-0.39, 0.29) is 12.2 Å². The maximum Gasteiger partial charge on any atom is 0.336 e. The van der Waals surface area contributed by atoms with Gasteiger partial charge in [-0.05, 0) is 18.2 Å². The van der Waals surface area contributed by atoms with Crippen LogP contribution in [0.4, 0.5) is 0 Å². The maximum absolute atomic E-state index is 11.5. The number of carboxylic acids is 1. The molecule has 4 N–H and O–H groups in total. The number of aliphatic hydroxyl groups is 1. The fourth-order valence-electron chi connectivity index (χ4n) is 3.41. The minimum Gasteiger partial charge on any atom is -0.478 e. The largest absolute Gasteiger partial charge is 0.478 e. The van der Waals surface area contributed by atoms with Gasteiger partial charge in [-0.15, -0.1) is 0 Å². The molecular weight excluding hydrogens is 462 g/mol. The van der Waals surface area contributed by atoms with Crippen molar-refractivity contribution in [2.75, 3.05) is 6.61 Å². The molecule has 2 aromatic rings. The highest BCUT2D eigenvalue weighted by Gasteiger charge is 2.48. The van der Waals surface area contributed by atoms with Crippen molar-refractivity contribution in [3.8, 4) is 0 Å². The third-order valence-corrected chi connectivity index (χ3v) is 6.62. The summed E-state index contributed by atoms with van der Waals surface area (Å²) in [5.41, 5.74) is 6.54. The van der Waals surface area contributed by atoms with E-state index in [1.807, 2.05) is 30.3 Å². The zero-order valence-electron chi connectivity index (χ0n) is 15.2. The fourth-order valence-corrected chi connectivity index (χ4v) is 5.17. The summed E-state index contributed by atoms with van der Waals surface area (Å²) < 4.78 is 18.5. The summed E-state index contributed by atoms with van der Waals surface area (Å²) in [6.45, 7) is 0.256. The average molecular weight is 482 g/mol. The Hall–Kier alpha value is -1.46. The molecule has 2 fully saturated rings. The van der Waals surface area contributed by atoms with Gasteiger partial charge in [0.25, 0.3) is 0 Å². The molecule has 154 valence electrons. The lowest BCUT2D eigenvalue weighted by Gasteiger charge is -2.47. The molecule has 2 heterocycles. The molecule has 0 radical (unpaired) electrons. The van der Waals surface area contributed by atoms with Crippen LogP contribution < -0.4 is 5.73 Å². The molecule has 4 rings (SSSR count). The Balaban J connectivity index is 1.50. The van der Waals surface area contributed by atoms with Gasteiger partial charge in [0.1, 0.15) is 23.7 Å². The van der Waals surface area contributed by atoms with Gasteiger partial charge in [0.05, 0.1) is 18.2 Å². The van der Waals surface area contributed by atoms with Crippen LogP contribution in [0.25, 0.3) is 0 Å². The quantitative estimate of drug-likeness (QED) is 0.610. The van der Waals surface area contributed by atoms with E-state index < -0.39 is 42.0 Å². The van der Waals surface area contributed by atoms with Crippen molar-refractivity contribution in [3.05, 3.63) is 64.1 Å². The van der Waals surface area contributed by atoms with Crippen LogP contribution in [0.15, 0.2) is 57.9 Å². The number of thioether (sulfide) groups is 1. The molecule has 2 aliphatic heterocycles. The number of nitrogens with two attached hydrogens (primary N) is 1. The van der Waals surface area contributed by atoms with Crippen molar-refractivity contribution in [2.24, 2.45) is 5.73 Å². The number of benzene rings is 2. The third-order valence-electron chi connectivity index (χ3n) is 4.91. The minimum atomic E-state index is -1.05. The van der Waals surface area contributed by atoms with Gasteiger partial charge in [-0.2, -0.15) is 0 Å². The smallest absolute Gasteiger partial charge is 0.336 e. The summed E-state index contributed by atoms with van der Waals surface area (Å²) in [4.78, 5) is 12.0. The molecule has 29 heavy (non-hydrogen) atoms. The van der Waals surface area contributed by atoms with Gasteiger partial charge in [-0.3, -0.25) is 0 Å². The second kappa shape index (κ2) is 8.73. The maximum atomic E-state index is 11.5. The molecule has 0 aliphatic carbocycles. The lowest BCUT2D eigenvalue weighted by atomic mass is 9.97. The van der Waals surface area contributed by atoms with E-state index in [1.54, 1.807) is 12.1 Å². The van der Waals surface area contributed by atoms with E-state index in [9.17, 15) is 15.0 Å². The van der Waals surface area contributed by atoms with Crippen molar-refractivity contribution in [1.82, 2.24) is 0 Å². The van der Waals surface area contributed by atoms with Crippen LogP contribution in [0.1, 0.15) is 22.2 Å². The lowest BCUT2D eigenvalue weighted by Crippen LogP contribution is -2.64. The SMILES string of the molecule is NC1C(O)C(Sc2cc(Br)ccc2C(=O)O)OC2COC(c3ccccc3)OC21. The van der Waals surface area contributed by atoms with Crippen LogP contribution in [0.5, 0.6) is 0 Å². The third kappa shape index (κ3) is 4.36. The summed E-state index contributed by atoms with van der Waals surface area (Å²) in [7, 11) is 0. The second-order valence-electron chi connectivity index (χ2n) is 6.85. The first-order valence-electron chi connectivity index (χ1n) is 9.04. The van der Waals surface area contributed by atoms with Gasteiger partial charge >= 0.3 is 5.97 Å². The standard InChI is InChI=1S/C20H20BrNO6S/c21-11-6-7-12(18(24)25)14(8-11)29-20-16(23)15(22)17-13(27-20)9-26-19(28-17)10-4-2-1-3-5-10/h1-8,13,15-17,19-20,23H,9,22H2,(H,24,25). The summed E-state index contributed by atoms with van der Waals surface area (Å²) >= 11 is 4.47. The molecule has 6 atom stereocenters. The summed E-state index contributed by atoms with van der Waals surface area (Å²) in [6.07, 6.45) is -2.63. The van der Waals surface area contributed by atoms with Crippen LogP contribution in [0, 0.1) is 0 Å². The van der Waals surface area contributed by atoms with Crippen LogP contribution in [-0.2, 0) is 14.2 Å². The monoisotopic (exact) mass is 481 g/mol. The van der Waals surface area contributed by atoms with Crippen LogP contribution in [0.3, 0.4) is 0 Å². The van der Waals surface area contributed by atoms with Gasteiger partial charge in [-0.1, -0.05) is 58.0 Å². The van der Waals surface area contributed by atoms with Gasteiger partial charge in [0.2, 0.25) is 0 Å². The number of hydrogen-bond acceptors (Lipinski definition) is 7. The Morgan fingerprint density at radius 3 is 2.66 bits per heavy atom. The predicted molar refractivity (Wildman–Crippen MR) is 110 cm³/mol. The molecular formula is C20H20BrNO6S. The highest BCUT2D eigenvalue weighted by Crippen LogP contribution is 2.39. The number of carbonyl (C=O) groups is 1. The van der Waals surface area contributed by atoms with Gasteiger partial charge < -0.3 is 30.2 Å². The first-order valence-corrected chi connectivity index (χ1v) is 10.7. The Labute approximate surface area is 180 Å². The summed E-state index contributed by atoms with van der Waals surface area (Å²) in [5, 5.41) is 20.2. The number of rotatable bonds is 4. The molecule has 2 aliphatic rings. The van der Waals surface area contributed by atoms with E-state index in [0.29, 0.717) is 4.90 Å². The number of hydrogen-bond donors (Lipinski definition) is 3. The number of ether oxygens (including phenoxy) is 3. The van der Waals surface area contributed by atoms with Crippen LogP contribution >= 0.6 is 27.7 Å². The highest BCUT2D eigenvalue weighted by atomic mass is 79.9. The Morgan fingerprint density at radius 1 is 1.17 bits per heavy atom. The van der Waals surface area contributed by atoms with E-state index in [4.69, 9.17) is 19.9 Å². The van der Waals surface area contributed by atoms with E-state index in [2.05, 4.69) is 15.9 Å². The van der Waals surface area contributed by atoms with Crippen molar-refractivity contribution < 1.29 is 29.2 Å². The molecule has 0 bridgehead atoms. The van der Waals surface area contributed by atoms with E-state index >= 15 is 0 Å². The molecule has 0 spiro atoms. The highest BCUT2D eigenvalue weighted by molar-refractivity contribution is 9.10. The van der Waals surface area contributed by atoms with E-state index in [0.717, 1.165) is 21.8 Å². The Kier molecular flexibility index (Phi) is 6.26. The number of carboxylic acid groups (broad SMARTS) is 1. The van der Waals surface area contributed by atoms with Crippen molar-refractivity contribution >= 4 is 33.7 Å². The predicted octanol–water partition coefficient (Wildman–Crippen LogP) is 2.77. The zero-order valence-corrected chi connectivity index (χ0v) is 17.6. The number of aromatic carboxylic acids is 1. The number of halogens is 1. The summed E-state index contributed by atoms with van der Waals surface area (Å²) in [5.74, 6) is -1.05. The molecule has 9 heteroatoms. The lowest BCUT2D eigenvalue weighted by molar-refractivity contribution is -0.297. The zero-order chi connectivity index (χ0) is 20.5. The normalized spacial score (nSPS) is 31.8. The second-order valence-corrected chi connectivity index (χ2v) is 8.91. The number of aliphatic hydroxyl groups excluding tert-OH is 1. The van der Waals surface area contributed by atoms with Gasteiger partial charge in [0, 0.05) is 14.9 Å². The molecule has 2 saturated heterocycles. The Bertz CT molecular complexity index is 883. The first kappa shape index (κ1) is 20.8. The molecule has 0 amide bonds. The molecule has 7 nitrogen and oxygen atoms in total. The van der Waals surface area contributed by atoms with E-state index in [1.165, 1.54) is 6.07 Å². The van der Waals surface area contributed by atoms with Crippen LogP contribution in [0.2, 0.25) is 0 Å². The topological polar surface area (TPSA) is 111 Å².